The van der Waals surface area contributed by atoms with E-state index in [1.165, 1.54) is 0 Å². The molecule has 0 amide bonds. The molecule has 8 nitrogen and oxygen atoms in total. The Hall–Kier alpha value is -4.01. The summed E-state index contributed by atoms with van der Waals surface area (Å²) >= 11 is 0. The second kappa shape index (κ2) is 10.3. The van der Waals surface area contributed by atoms with Crippen molar-refractivity contribution in [1.29, 1.82) is 0 Å². The molecule has 4 aromatic rings. The number of carboxylic acids is 2. The van der Waals surface area contributed by atoms with Gasteiger partial charge in [-0.15, -0.1) is 0 Å². The number of aromatic nitrogens is 2. The maximum atomic E-state index is 12.6. The van der Waals surface area contributed by atoms with Crippen LogP contribution >= 0.6 is 0 Å². The monoisotopic (exact) mass is 484 g/mol. The van der Waals surface area contributed by atoms with Gasteiger partial charge in [-0.2, -0.15) is 0 Å². The lowest BCUT2D eigenvalue weighted by molar-refractivity contribution is -0.144. The SMILES string of the molecule is O=C(O)c1ccc2c(c1)c(C(C(=O)O)N1CCN(Cc3ccccn3)CC1)cn2Cc1ccccc1. The van der Waals surface area contributed by atoms with Gasteiger partial charge in [-0.1, -0.05) is 36.4 Å². The van der Waals surface area contributed by atoms with Gasteiger partial charge in [0.25, 0.3) is 0 Å². The van der Waals surface area contributed by atoms with Gasteiger partial charge < -0.3 is 14.8 Å². The van der Waals surface area contributed by atoms with E-state index in [1.54, 1.807) is 24.4 Å². The number of hydrogen-bond acceptors (Lipinski definition) is 5. The maximum absolute atomic E-state index is 12.6. The van der Waals surface area contributed by atoms with Crippen molar-refractivity contribution in [2.75, 3.05) is 26.2 Å². The van der Waals surface area contributed by atoms with Crippen molar-refractivity contribution in [2.45, 2.75) is 19.1 Å². The maximum Gasteiger partial charge on any atom is 0.335 e. The van der Waals surface area contributed by atoms with Gasteiger partial charge in [0.2, 0.25) is 0 Å². The Balaban J connectivity index is 1.45. The summed E-state index contributed by atoms with van der Waals surface area (Å²) in [6.07, 6.45) is 3.66. The Morgan fingerprint density at radius 1 is 0.889 bits per heavy atom. The van der Waals surface area contributed by atoms with Crippen LogP contribution in [0.1, 0.15) is 33.2 Å². The average Bonchev–Trinajstić information content (AvgIpc) is 3.23. The zero-order valence-corrected chi connectivity index (χ0v) is 19.8. The summed E-state index contributed by atoms with van der Waals surface area (Å²) in [4.78, 5) is 33.0. The molecule has 184 valence electrons. The molecule has 5 rings (SSSR count). The van der Waals surface area contributed by atoms with Crippen LogP contribution < -0.4 is 0 Å². The number of nitrogens with zero attached hydrogens (tertiary/aromatic N) is 4. The van der Waals surface area contributed by atoms with E-state index in [1.807, 2.05) is 64.2 Å². The van der Waals surface area contributed by atoms with E-state index in [0.717, 1.165) is 36.4 Å². The lowest BCUT2D eigenvalue weighted by Crippen LogP contribution is -2.48. The summed E-state index contributed by atoms with van der Waals surface area (Å²) in [5, 5.41) is 20.6. The molecule has 1 atom stereocenters. The zero-order valence-electron chi connectivity index (χ0n) is 19.8. The van der Waals surface area contributed by atoms with Crippen LogP contribution in [0.4, 0.5) is 0 Å². The minimum Gasteiger partial charge on any atom is -0.480 e. The van der Waals surface area contributed by atoms with Crippen LogP contribution in [-0.2, 0) is 17.9 Å². The summed E-state index contributed by atoms with van der Waals surface area (Å²) in [7, 11) is 0. The van der Waals surface area contributed by atoms with Crippen LogP contribution in [0.3, 0.4) is 0 Å². The summed E-state index contributed by atoms with van der Waals surface area (Å²) < 4.78 is 2.01. The molecule has 1 aliphatic heterocycles. The molecule has 0 radical (unpaired) electrons. The van der Waals surface area contributed by atoms with Crippen LogP contribution in [0.25, 0.3) is 10.9 Å². The van der Waals surface area contributed by atoms with Gasteiger partial charge in [-0.05, 0) is 35.9 Å². The number of hydrogen-bond donors (Lipinski definition) is 2. The highest BCUT2D eigenvalue weighted by Crippen LogP contribution is 2.33. The molecule has 2 N–H and O–H groups in total. The summed E-state index contributed by atoms with van der Waals surface area (Å²) in [6.45, 7) is 3.92. The van der Waals surface area contributed by atoms with Gasteiger partial charge in [-0.3, -0.25) is 19.6 Å². The highest BCUT2D eigenvalue weighted by atomic mass is 16.4. The molecule has 0 aliphatic carbocycles. The third-order valence-electron chi connectivity index (χ3n) is 6.77. The van der Waals surface area contributed by atoms with Gasteiger partial charge in [0.15, 0.2) is 0 Å². The van der Waals surface area contributed by atoms with E-state index in [0.29, 0.717) is 30.6 Å². The van der Waals surface area contributed by atoms with Crippen molar-refractivity contribution < 1.29 is 19.8 Å². The lowest BCUT2D eigenvalue weighted by Gasteiger charge is -2.37. The third kappa shape index (κ3) is 5.00. The minimum absolute atomic E-state index is 0.144. The number of pyridine rings is 1. The summed E-state index contributed by atoms with van der Waals surface area (Å²) in [6, 6.07) is 19.9. The van der Waals surface area contributed by atoms with E-state index < -0.39 is 18.0 Å². The molecule has 36 heavy (non-hydrogen) atoms. The molecule has 2 aromatic carbocycles. The highest BCUT2D eigenvalue weighted by Gasteiger charge is 2.33. The average molecular weight is 485 g/mol. The van der Waals surface area contributed by atoms with E-state index in [9.17, 15) is 19.8 Å². The number of piperazine rings is 1. The van der Waals surface area contributed by atoms with Crippen molar-refractivity contribution in [1.82, 2.24) is 19.4 Å². The fraction of sp³-hybridized carbons (Fsp3) is 0.250. The van der Waals surface area contributed by atoms with Gasteiger partial charge >= 0.3 is 11.9 Å². The smallest absolute Gasteiger partial charge is 0.335 e. The zero-order chi connectivity index (χ0) is 25.1. The standard InChI is InChI=1S/C28H28N4O4/c33-27(34)21-9-10-25-23(16-21)24(19-32(25)17-20-6-2-1-3-7-20)26(28(35)36)31-14-12-30(13-15-31)18-22-8-4-5-11-29-22/h1-11,16,19,26H,12-15,17-18H2,(H,33,34)(H,35,36). The number of fused-ring (bicyclic) bond motifs is 1. The van der Waals surface area contributed by atoms with Crippen LogP contribution in [0.2, 0.25) is 0 Å². The second-order valence-electron chi connectivity index (χ2n) is 9.11. The number of carbonyl (C=O) groups is 2. The fourth-order valence-corrected chi connectivity index (χ4v) is 4.97. The first kappa shape index (κ1) is 23.7. The normalized spacial score (nSPS) is 15.7. The van der Waals surface area contributed by atoms with E-state index >= 15 is 0 Å². The molecule has 3 heterocycles. The van der Waals surface area contributed by atoms with Gasteiger partial charge in [0, 0.05) is 68.1 Å². The first-order valence-electron chi connectivity index (χ1n) is 12.0. The number of rotatable bonds is 8. The first-order valence-corrected chi connectivity index (χ1v) is 12.0. The molecule has 0 bridgehead atoms. The Bertz CT molecular complexity index is 1360. The Morgan fingerprint density at radius 2 is 1.64 bits per heavy atom. The molecule has 1 fully saturated rings. The second-order valence-corrected chi connectivity index (χ2v) is 9.11. The topological polar surface area (TPSA) is 98.9 Å². The predicted molar refractivity (Wildman–Crippen MR) is 136 cm³/mol. The van der Waals surface area contributed by atoms with Gasteiger partial charge in [0.05, 0.1) is 11.3 Å². The van der Waals surface area contributed by atoms with Crippen molar-refractivity contribution in [3.8, 4) is 0 Å². The first-order chi connectivity index (χ1) is 17.5. The molecule has 2 aromatic heterocycles. The van der Waals surface area contributed by atoms with Crippen molar-refractivity contribution in [2.24, 2.45) is 0 Å². The minimum atomic E-state index is -1.03. The van der Waals surface area contributed by atoms with E-state index in [4.69, 9.17) is 0 Å². The van der Waals surface area contributed by atoms with E-state index in [2.05, 4.69) is 9.88 Å². The van der Waals surface area contributed by atoms with Crippen molar-refractivity contribution in [3.05, 3.63) is 102 Å². The Morgan fingerprint density at radius 3 is 2.31 bits per heavy atom. The molecule has 0 spiro atoms. The number of aromatic carboxylic acids is 1. The largest absolute Gasteiger partial charge is 0.480 e. The van der Waals surface area contributed by atoms with Crippen LogP contribution in [0.15, 0.2) is 79.1 Å². The quantitative estimate of drug-likeness (QED) is 0.393. The van der Waals surface area contributed by atoms with Crippen LogP contribution in [-0.4, -0.2) is 67.7 Å². The Kier molecular flexibility index (Phi) is 6.79. The molecule has 1 aliphatic rings. The van der Waals surface area contributed by atoms with E-state index in [-0.39, 0.29) is 5.56 Å². The molecular weight excluding hydrogens is 456 g/mol. The van der Waals surface area contributed by atoms with Crippen LogP contribution in [0.5, 0.6) is 0 Å². The number of aliphatic carboxylic acids is 1. The van der Waals surface area contributed by atoms with Gasteiger partial charge in [0.1, 0.15) is 6.04 Å². The Labute approximate surface area is 209 Å². The van der Waals surface area contributed by atoms with Crippen molar-refractivity contribution >= 4 is 22.8 Å². The summed E-state index contributed by atoms with van der Waals surface area (Å²) in [5.41, 5.74) is 3.66. The number of benzene rings is 2. The highest BCUT2D eigenvalue weighted by molar-refractivity contribution is 5.96. The summed E-state index contributed by atoms with van der Waals surface area (Å²) in [5.74, 6) is -1.97. The molecule has 1 saturated heterocycles. The van der Waals surface area contributed by atoms with Crippen molar-refractivity contribution in [3.63, 3.8) is 0 Å². The molecule has 8 heteroatoms. The predicted octanol–water partition coefficient (Wildman–Crippen LogP) is 3.73. The van der Waals surface area contributed by atoms with Gasteiger partial charge in [-0.25, -0.2) is 4.79 Å². The third-order valence-corrected chi connectivity index (χ3v) is 6.77. The number of carboxylic acid groups (broad SMARTS) is 2. The fourth-order valence-electron chi connectivity index (χ4n) is 4.97. The molecule has 1 unspecified atom stereocenters. The van der Waals surface area contributed by atoms with Crippen LogP contribution in [0, 0.1) is 0 Å². The lowest BCUT2D eigenvalue weighted by atomic mass is 10.0. The molecule has 0 saturated carbocycles. The molecular formula is C28H28N4O4.